The highest BCUT2D eigenvalue weighted by Gasteiger charge is 2.45. The number of fused-ring (bicyclic) bond motifs is 1. The number of rotatable bonds is 9. The van der Waals surface area contributed by atoms with E-state index in [0.29, 0.717) is 32.1 Å². The van der Waals surface area contributed by atoms with Gasteiger partial charge in [0.2, 0.25) is 0 Å². The summed E-state index contributed by atoms with van der Waals surface area (Å²) in [7, 11) is 0. The molecule has 7 heteroatoms. The summed E-state index contributed by atoms with van der Waals surface area (Å²) in [5.74, 6) is -0.291. The molecule has 2 heterocycles. The lowest BCUT2D eigenvalue weighted by atomic mass is 9.94. The minimum atomic E-state index is -0.386. The molecule has 2 fully saturated rings. The van der Waals surface area contributed by atoms with Crippen LogP contribution in [0.3, 0.4) is 0 Å². The number of hydrogen-bond donors (Lipinski definition) is 2. The average Bonchev–Trinajstić information content (AvgIpc) is 3.38. The Balaban J connectivity index is 1.58. The van der Waals surface area contributed by atoms with Crippen LogP contribution in [0, 0.1) is 5.92 Å². The van der Waals surface area contributed by atoms with Gasteiger partial charge in [-0.25, -0.2) is 0 Å². The smallest absolute Gasteiger partial charge is 0.145 e. The van der Waals surface area contributed by atoms with Crippen molar-refractivity contribution in [1.82, 2.24) is 14.7 Å². The van der Waals surface area contributed by atoms with E-state index in [9.17, 15) is 15.0 Å². The van der Waals surface area contributed by atoms with Gasteiger partial charge in [-0.15, -0.1) is 0 Å². The van der Waals surface area contributed by atoms with Crippen LogP contribution in [0.5, 0.6) is 0 Å². The highest BCUT2D eigenvalue weighted by molar-refractivity contribution is 5.73. The van der Waals surface area contributed by atoms with Gasteiger partial charge in [-0.3, -0.25) is 19.5 Å². The van der Waals surface area contributed by atoms with Gasteiger partial charge in [0.25, 0.3) is 0 Å². The molecule has 2 aliphatic rings. The van der Waals surface area contributed by atoms with Gasteiger partial charge in [0.15, 0.2) is 0 Å². The number of hydrogen-bond acceptors (Lipinski definition) is 7. The van der Waals surface area contributed by atoms with Crippen molar-refractivity contribution in [3.05, 3.63) is 120 Å². The first-order chi connectivity index (χ1) is 19.1. The topological polar surface area (TPSA) is 76.5 Å². The van der Waals surface area contributed by atoms with E-state index in [0.717, 1.165) is 23.0 Å². The SMILES string of the molecule is C=C(C=O)[C@@H]1CN([C@@H](CO)c2ccccc2)CN([C@@H](CO)c2ccccc2)CN2C1OC[C@H]2c1ccccc1. The Morgan fingerprint density at radius 1 is 0.846 bits per heavy atom. The molecule has 204 valence electrons. The molecule has 0 amide bonds. The molecule has 0 spiro atoms. The molecule has 0 radical (unpaired) electrons. The van der Waals surface area contributed by atoms with Crippen LogP contribution < -0.4 is 0 Å². The fraction of sp³-hybridized carbons (Fsp3) is 0.344. The number of carbonyl (C=O) groups is 1. The largest absolute Gasteiger partial charge is 0.394 e. The summed E-state index contributed by atoms with van der Waals surface area (Å²) >= 11 is 0. The Kier molecular flexibility index (Phi) is 8.98. The quantitative estimate of drug-likeness (QED) is 0.324. The molecule has 0 aliphatic carbocycles. The van der Waals surface area contributed by atoms with Crippen molar-refractivity contribution in [2.24, 2.45) is 5.92 Å². The third-order valence-electron chi connectivity index (χ3n) is 8.04. The van der Waals surface area contributed by atoms with E-state index in [-0.39, 0.29) is 43.5 Å². The predicted molar refractivity (Wildman–Crippen MR) is 150 cm³/mol. The van der Waals surface area contributed by atoms with E-state index in [1.165, 1.54) is 0 Å². The molecule has 5 rings (SSSR count). The lowest BCUT2D eigenvalue weighted by Crippen LogP contribution is -2.56. The predicted octanol–water partition coefficient (Wildman–Crippen LogP) is 3.76. The van der Waals surface area contributed by atoms with Crippen LogP contribution in [-0.2, 0) is 9.53 Å². The normalized spacial score (nSPS) is 24.3. The number of aliphatic hydroxyl groups excluding tert-OH is 2. The molecule has 0 aromatic heterocycles. The number of aliphatic hydroxyl groups is 2. The van der Waals surface area contributed by atoms with Gasteiger partial charge in [-0.1, -0.05) is 97.6 Å². The first-order valence-corrected chi connectivity index (χ1v) is 13.5. The van der Waals surface area contributed by atoms with Crippen molar-refractivity contribution >= 4 is 6.29 Å². The van der Waals surface area contributed by atoms with E-state index in [1.54, 1.807) is 0 Å². The van der Waals surface area contributed by atoms with Crippen molar-refractivity contribution in [2.45, 2.75) is 24.4 Å². The first kappa shape index (κ1) is 27.4. The summed E-state index contributed by atoms with van der Waals surface area (Å²) in [4.78, 5) is 18.8. The average molecular weight is 528 g/mol. The lowest BCUT2D eigenvalue weighted by molar-refractivity contribution is -0.112. The highest BCUT2D eigenvalue weighted by Crippen LogP contribution is 2.39. The molecule has 1 unspecified atom stereocenters. The van der Waals surface area contributed by atoms with E-state index in [1.807, 2.05) is 78.9 Å². The fourth-order valence-corrected chi connectivity index (χ4v) is 5.96. The summed E-state index contributed by atoms with van der Waals surface area (Å²) in [5, 5.41) is 21.3. The molecule has 0 saturated carbocycles. The zero-order valence-corrected chi connectivity index (χ0v) is 22.1. The summed E-state index contributed by atoms with van der Waals surface area (Å²) in [6, 6.07) is 29.6. The maximum Gasteiger partial charge on any atom is 0.145 e. The van der Waals surface area contributed by atoms with Crippen LogP contribution in [0.1, 0.15) is 34.8 Å². The van der Waals surface area contributed by atoms with Crippen LogP contribution in [0.25, 0.3) is 0 Å². The number of nitrogens with zero attached hydrogens (tertiary/aromatic N) is 3. The number of benzene rings is 3. The van der Waals surface area contributed by atoms with Gasteiger partial charge in [0.05, 0.1) is 51.3 Å². The van der Waals surface area contributed by atoms with Crippen molar-refractivity contribution in [3.63, 3.8) is 0 Å². The molecule has 0 bridgehead atoms. The Labute approximate surface area is 230 Å². The minimum absolute atomic E-state index is 0.00918. The van der Waals surface area contributed by atoms with Gasteiger partial charge >= 0.3 is 0 Å². The first-order valence-electron chi connectivity index (χ1n) is 13.5. The summed E-state index contributed by atoms with van der Waals surface area (Å²) < 4.78 is 6.46. The summed E-state index contributed by atoms with van der Waals surface area (Å²) in [5.41, 5.74) is 3.62. The van der Waals surface area contributed by atoms with Crippen molar-refractivity contribution in [1.29, 1.82) is 0 Å². The van der Waals surface area contributed by atoms with E-state index in [2.05, 4.69) is 33.4 Å². The van der Waals surface area contributed by atoms with Gasteiger partial charge in [0, 0.05) is 12.5 Å². The molecule has 39 heavy (non-hydrogen) atoms. The Bertz CT molecular complexity index is 1210. The lowest BCUT2D eigenvalue weighted by Gasteiger charge is -2.47. The van der Waals surface area contributed by atoms with Gasteiger partial charge < -0.3 is 14.9 Å². The molecule has 2 aliphatic heterocycles. The monoisotopic (exact) mass is 527 g/mol. The molecule has 3 aromatic rings. The third-order valence-corrected chi connectivity index (χ3v) is 8.04. The Morgan fingerprint density at radius 2 is 1.38 bits per heavy atom. The standard InChI is InChI=1S/C32H37N3O4/c1-24(18-36)28-17-33(29(19-37)25-11-5-2-6-12-25)22-34(30(20-38)26-13-7-3-8-14-26)23-35-31(21-39-32(28)35)27-15-9-4-10-16-27/h2-16,18,28-32,37-38H,1,17,19-23H2/t28-,29-,30-,31-,32?/m0/s1. The van der Waals surface area contributed by atoms with E-state index < -0.39 is 0 Å². The second-order valence-corrected chi connectivity index (χ2v) is 10.3. The second-order valence-electron chi connectivity index (χ2n) is 10.3. The Hall–Kier alpha value is -3.17. The van der Waals surface area contributed by atoms with E-state index >= 15 is 0 Å². The second kappa shape index (κ2) is 12.8. The van der Waals surface area contributed by atoms with E-state index in [4.69, 9.17) is 4.74 Å². The van der Waals surface area contributed by atoms with Crippen LogP contribution in [-0.4, -0.2) is 77.1 Å². The molecule has 3 aromatic carbocycles. The highest BCUT2D eigenvalue weighted by atomic mass is 16.5. The number of carbonyl (C=O) groups excluding carboxylic acids is 1. The maximum atomic E-state index is 12.1. The third kappa shape index (κ3) is 5.89. The zero-order valence-electron chi connectivity index (χ0n) is 22.1. The molecular formula is C32H37N3O4. The number of ether oxygens (including phenoxy) is 1. The van der Waals surface area contributed by atoms with Crippen molar-refractivity contribution in [3.8, 4) is 0 Å². The van der Waals surface area contributed by atoms with Gasteiger partial charge in [0.1, 0.15) is 12.5 Å². The van der Waals surface area contributed by atoms with Crippen molar-refractivity contribution < 1.29 is 19.7 Å². The Morgan fingerprint density at radius 3 is 1.92 bits per heavy atom. The van der Waals surface area contributed by atoms with Crippen LogP contribution >= 0.6 is 0 Å². The zero-order chi connectivity index (χ0) is 27.2. The van der Waals surface area contributed by atoms with Gasteiger partial charge in [-0.05, 0) is 22.3 Å². The molecule has 2 saturated heterocycles. The fourth-order valence-electron chi connectivity index (χ4n) is 5.96. The summed E-state index contributed by atoms with van der Waals surface area (Å²) in [6.45, 7) is 5.88. The van der Waals surface area contributed by atoms with Gasteiger partial charge in [-0.2, -0.15) is 0 Å². The number of aldehydes is 1. The van der Waals surface area contributed by atoms with Crippen LogP contribution in [0.4, 0.5) is 0 Å². The maximum absolute atomic E-state index is 12.1. The van der Waals surface area contributed by atoms with Crippen LogP contribution in [0.15, 0.2) is 103 Å². The molecule has 7 nitrogen and oxygen atoms in total. The molecular weight excluding hydrogens is 490 g/mol. The molecule has 2 N–H and O–H groups in total. The summed E-state index contributed by atoms with van der Waals surface area (Å²) in [6.07, 6.45) is 0.444. The molecule has 5 atom stereocenters. The minimum Gasteiger partial charge on any atom is -0.394 e. The van der Waals surface area contributed by atoms with Crippen LogP contribution in [0.2, 0.25) is 0 Å². The van der Waals surface area contributed by atoms with Crippen molar-refractivity contribution in [2.75, 3.05) is 39.7 Å².